The SMILES string of the molecule is Nc1ncc(C(=O)Nc2ccc(=O)[nH]n2)cc1Cl. The molecule has 0 spiro atoms. The summed E-state index contributed by atoms with van der Waals surface area (Å²) in [6, 6.07) is 4.02. The van der Waals surface area contributed by atoms with Crippen molar-refractivity contribution in [3.8, 4) is 0 Å². The van der Waals surface area contributed by atoms with Crippen LogP contribution in [0.3, 0.4) is 0 Å². The fourth-order valence-corrected chi connectivity index (χ4v) is 1.34. The van der Waals surface area contributed by atoms with Crippen LogP contribution >= 0.6 is 11.6 Å². The summed E-state index contributed by atoms with van der Waals surface area (Å²) in [5.41, 5.74) is 5.31. The summed E-state index contributed by atoms with van der Waals surface area (Å²) >= 11 is 5.75. The van der Waals surface area contributed by atoms with E-state index in [1.807, 2.05) is 0 Å². The minimum absolute atomic E-state index is 0.149. The average Bonchev–Trinajstić information content (AvgIpc) is 2.35. The van der Waals surface area contributed by atoms with Gasteiger partial charge in [0, 0.05) is 12.3 Å². The molecule has 2 aromatic rings. The zero-order valence-corrected chi connectivity index (χ0v) is 9.73. The van der Waals surface area contributed by atoms with Crippen molar-refractivity contribution in [2.24, 2.45) is 0 Å². The molecule has 92 valence electrons. The molecule has 0 aliphatic rings. The van der Waals surface area contributed by atoms with Gasteiger partial charge in [-0.3, -0.25) is 9.59 Å². The van der Waals surface area contributed by atoms with Crippen molar-refractivity contribution in [2.45, 2.75) is 0 Å². The molecule has 0 saturated heterocycles. The number of nitrogens with two attached hydrogens (primary N) is 1. The molecule has 2 aromatic heterocycles. The maximum absolute atomic E-state index is 11.8. The molecule has 0 atom stereocenters. The second-order valence-electron chi connectivity index (χ2n) is 3.35. The monoisotopic (exact) mass is 265 g/mol. The largest absolute Gasteiger partial charge is 0.382 e. The van der Waals surface area contributed by atoms with Crippen LogP contribution in [0.5, 0.6) is 0 Å². The van der Waals surface area contributed by atoms with Crippen LogP contribution in [0, 0.1) is 0 Å². The number of carbonyl (C=O) groups excluding carboxylic acids is 1. The number of aromatic amines is 1. The van der Waals surface area contributed by atoms with Gasteiger partial charge in [-0.25, -0.2) is 10.1 Å². The summed E-state index contributed by atoms with van der Waals surface area (Å²) in [5, 5.41) is 8.50. The minimum atomic E-state index is -0.455. The molecule has 18 heavy (non-hydrogen) atoms. The van der Waals surface area contributed by atoms with E-state index in [9.17, 15) is 9.59 Å². The van der Waals surface area contributed by atoms with E-state index in [0.717, 1.165) is 0 Å². The van der Waals surface area contributed by atoms with Crippen molar-refractivity contribution in [1.82, 2.24) is 15.2 Å². The number of nitrogen functional groups attached to an aromatic ring is 1. The van der Waals surface area contributed by atoms with Gasteiger partial charge in [-0.05, 0) is 12.1 Å². The number of anilines is 2. The van der Waals surface area contributed by atoms with Crippen molar-refractivity contribution >= 4 is 29.1 Å². The Labute approximate surface area is 106 Å². The Balaban J connectivity index is 2.19. The molecule has 2 heterocycles. The Bertz CT molecular complexity index is 634. The number of aromatic nitrogens is 3. The first-order valence-corrected chi connectivity index (χ1v) is 5.22. The first-order chi connectivity index (χ1) is 8.56. The van der Waals surface area contributed by atoms with E-state index in [1.54, 1.807) is 0 Å². The number of pyridine rings is 1. The number of halogens is 1. The third-order valence-corrected chi connectivity index (χ3v) is 2.36. The van der Waals surface area contributed by atoms with Gasteiger partial charge in [0.1, 0.15) is 5.82 Å². The van der Waals surface area contributed by atoms with Crippen molar-refractivity contribution < 1.29 is 4.79 Å². The van der Waals surface area contributed by atoms with Crippen molar-refractivity contribution in [2.75, 3.05) is 11.1 Å². The molecule has 0 aliphatic carbocycles. The third-order valence-electron chi connectivity index (χ3n) is 2.05. The van der Waals surface area contributed by atoms with Crippen LogP contribution in [0.1, 0.15) is 10.4 Å². The van der Waals surface area contributed by atoms with Crippen LogP contribution in [0.25, 0.3) is 0 Å². The topological polar surface area (TPSA) is 114 Å². The number of rotatable bonds is 2. The smallest absolute Gasteiger partial charge is 0.264 e. The lowest BCUT2D eigenvalue weighted by Gasteiger charge is -2.04. The van der Waals surface area contributed by atoms with Gasteiger partial charge in [0.15, 0.2) is 5.82 Å². The van der Waals surface area contributed by atoms with Gasteiger partial charge < -0.3 is 11.1 Å². The first-order valence-electron chi connectivity index (χ1n) is 4.84. The normalized spacial score (nSPS) is 10.1. The molecule has 8 heteroatoms. The van der Waals surface area contributed by atoms with Gasteiger partial charge in [0.2, 0.25) is 0 Å². The Morgan fingerprint density at radius 1 is 1.44 bits per heavy atom. The molecule has 4 N–H and O–H groups in total. The highest BCUT2D eigenvalue weighted by molar-refractivity contribution is 6.33. The van der Waals surface area contributed by atoms with E-state index in [2.05, 4.69) is 20.5 Å². The first kappa shape index (κ1) is 12.1. The number of nitrogens with one attached hydrogen (secondary N) is 2. The fourth-order valence-electron chi connectivity index (χ4n) is 1.18. The van der Waals surface area contributed by atoms with Crippen molar-refractivity contribution in [1.29, 1.82) is 0 Å². The van der Waals surface area contributed by atoms with Gasteiger partial charge in [-0.1, -0.05) is 11.6 Å². The predicted molar refractivity (Wildman–Crippen MR) is 66.5 cm³/mol. The van der Waals surface area contributed by atoms with E-state index in [0.29, 0.717) is 0 Å². The van der Waals surface area contributed by atoms with E-state index < -0.39 is 5.91 Å². The van der Waals surface area contributed by atoms with Crippen LogP contribution in [0.15, 0.2) is 29.2 Å². The maximum Gasteiger partial charge on any atom is 0.264 e. The summed E-state index contributed by atoms with van der Waals surface area (Å²) in [7, 11) is 0. The minimum Gasteiger partial charge on any atom is -0.382 e. The molecule has 0 unspecified atom stereocenters. The number of hydrogen-bond donors (Lipinski definition) is 3. The lowest BCUT2D eigenvalue weighted by atomic mass is 10.2. The molecule has 7 nitrogen and oxygen atoms in total. The van der Waals surface area contributed by atoms with Crippen LogP contribution in [-0.2, 0) is 0 Å². The number of carbonyl (C=O) groups is 1. The molecule has 0 aliphatic heterocycles. The highest BCUT2D eigenvalue weighted by atomic mass is 35.5. The van der Waals surface area contributed by atoms with Crippen LogP contribution < -0.4 is 16.6 Å². The third kappa shape index (κ3) is 2.64. The summed E-state index contributed by atoms with van der Waals surface area (Å²) in [6.45, 7) is 0. The zero-order chi connectivity index (χ0) is 13.1. The Morgan fingerprint density at radius 3 is 2.83 bits per heavy atom. The van der Waals surface area contributed by atoms with Gasteiger partial charge in [0.25, 0.3) is 11.5 Å². The van der Waals surface area contributed by atoms with Gasteiger partial charge in [-0.15, -0.1) is 0 Å². The second kappa shape index (κ2) is 4.84. The lowest BCUT2D eigenvalue weighted by Crippen LogP contribution is -2.16. The number of hydrogen-bond acceptors (Lipinski definition) is 5. The number of nitrogens with zero attached hydrogens (tertiary/aromatic N) is 2. The Morgan fingerprint density at radius 2 is 2.22 bits per heavy atom. The number of amides is 1. The molecule has 0 aromatic carbocycles. The molecule has 0 bridgehead atoms. The Kier molecular flexibility index (Phi) is 3.24. The standard InChI is InChI=1S/C10H8ClN5O2/c11-6-3-5(4-13-9(6)12)10(18)14-7-1-2-8(17)16-15-7/h1-4H,(H2,12,13)(H,16,17)(H,14,15,18). The van der Waals surface area contributed by atoms with E-state index in [1.165, 1.54) is 24.4 Å². The maximum atomic E-state index is 11.8. The van der Waals surface area contributed by atoms with Gasteiger partial charge >= 0.3 is 0 Å². The summed E-state index contributed by atoms with van der Waals surface area (Å²) in [5.74, 6) is -0.0909. The highest BCUT2D eigenvalue weighted by Crippen LogP contribution is 2.17. The van der Waals surface area contributed by atoms with E-state index in [-0.39, 0.29) is 27.8 Å². The Hall–Kier alpha value is -2.41. The zero-order valence-electron chi connectivity index (χ0n) is 8.98. The molecular formula is C10H8ClN5O2. The molecular weight excluding hydrogens is 258 g/mol. The van der Waals surface area contributed by atoms with Crippen LogP contribution in [-0.4, -0.2) is 21.1 Å². The summed E-state index contributed by atoms with van der Waals surface area (Å²) < 4.78 is 0. The summed E-state index contributed by atoms with van der Waals surface area (Å²) in [6.07, 6.45) is 1.29. The molecule has 0 fully saturated rings. The fraction of sp³-hybridized carbons (Fsp3) is 0. The van der Waals surface area contributed by atoms with Crippen molar-refractivity contribution in [3.63, 3.8) is 0 Å². The van der Waals surface area contributed by atoms with Crippen LogP contribution in [0.2, 0.25) is 5.02 Å². The molecule has 1 amide bonds. The quantitative estimate of drug-likeness (QED) is 0.738. The van der Waals surface area contributed by atoms with Crippen molar-refractivity contribution in [3.05, 3.63) is 45.3 Å². The van der Waals surface area contributed by atoms with E-state index in [4.69, 9.17) is 17.3 Å². The highest BCUT2D eigenvalue weighted by Gasteiger charge is 2.09. The number of H-pyrrole nitrogens is 1. The molecule has 2 rings (SSSR count). The molecule has 0 radical (unpaired) electrons. The van der Waals surface area contributed by atoms with Gasteiger partial charge in [-0.2, -0.15) is 5.10 Å². The second-order valence-corrected chi connectivity index (χ2v) is 3.76. The summed E-state index contributed by atoms with van der Waals surface area (Å²) in [4.78, 5) is 26.3. The average molecular weight is 266 g/mol. The van der Waals surface area contributed by atoms with Crippen LogP contribution in [0.4, 0.5) is 11.6 Å². The predicted octanol–water partition coefficient (Wildman–Crippen LogP) is 0.653. The van der Waals surface area contributed by atoms with Gasteiger partial charge in [0.05, 0.1) is 10.6 Å². The van der Waals surface area contributed by atoms with E-state index >= 15 is 0 Å². The molecule has 0 saturated carbocycles. The lowest BCUT2D eigenvalue weighted by molar-refractivity contribution is 0.102.